The molecular weight excluding hydrogens is 352 g/mol. The van der Waals surface area contributed by atoms with Crippen LogP contribution in [0.4, 0.5) is 0 Å². The third kappa shape index (κ3) is 4.80. The average molecular weight is 378 g/mol. The second kappa shape index (κ2) is 9.74. The van der Waals surface area contributed by atoms with Gasteiger partial charge in [-0.3, -0.25) is 9.36 Å². The van der Waals surface area contributed by atoms with Gasteiger partial charge in [0.25, 0.3) is 5.56 Å². The van der Waals surface area contributed by atoms with E-state index in [0.717, 1.165) is 48.3 Å². The van der Waals surface area contributed by atoms with Crippen molar-refractivity contribution in [1.29, 1.82) is 0 Å². The minimum absolute atomic E-state index is 0.0196. The van der Waals surface area contributed by atoms with Gasteiger partial charge in [-0.2, -0.15) is 0 Å². The van der Waals surface area contributed by atoms with E-state index in [1.54, 1.807) is 18.0 Å². The van der Waals surface area contributed by atoms with E-state index in [1.165, 1.54) is 0 Å². The Kier molecular flexibility index (Phi) is 6.84. The minimum atomic E-state index is 0.0196. The van der Waals surface area contributed by atoms with E-state index in [4.69, 9.17) is 9.47 Å². The first-order valence-electron chi connectivity index (χ1n) is 9.57. The van der Waals surface area contributed by atoms with Crippen molar-refractivity contribution >= 4 is 10.9 Å². The van der Waals surface area contributed by atoms with E-state index >= 15 is 0 Å². The molecule has 0 aliphatic heterocycles. The molecule has 0 unspecified atom stereocenters. The lowest BCUT2D eigenvalue weighted by molar-refractivity contribution is 0.284. The lowest BCUT2D eigenvalue weighted by Crippen LogP contribution is -2.20. The van der Waals surface area contributed by atoms with Crippen LogP contribution in [0.15, 0.2) is 66.2 Å². The highest BCUT2D eigenvalue weighted by atomic mass is 16.5. The van der Waals surface area contributed by atoms with Crippen molar-refractivity contribution in [2.24, 2.45) is 0 Å². The summed E-state index contributed by atoms with van der Waals surface area (Å²) in [7, 11) is 1.65. The molecule has 0 bridgehead atoms. The summed E-state index contributed by atoms with van der Waals surface area (Å²) in [4.78, 5) is 16.8. The van der Waals surface area contributed by atoms with Gasteiger partial charge in [0.2, 0.25) is 0 Å². The summed E-state index contributed by atoms with van der Waals surface area (Å²) in [5.74, 6) is 1.50. The minimum Gasteiger partial charge on any atom is -0.493 e. The van der Waals surface area contributed by atoms with Crippen molar-refractivity contribution in [2.45, 2.75) is 32.2 Å². The van der Waals surface area contributed by atoms with Gasteiger partial charge in [-0.15, -0.1) is 6.58 Å². The van der Waals surface area contributed by atoms with Crippen LogP contribution in [-0.4, -0.2) is 23.3 Å². The Morgan fingerprint density at radius 2 is 1.96 bits per heavy atom. The molecule has 0 radical (unpaired) electrons. The molecule has 0 saturated carbocycles. The number of fused-ring (bicyclic) bond motifs is 1. The Labute approximate surface area is 165 Å². The number of aromatic nitrogens is 2. The number of rotatable bonds is 10. The second-order valence-corrected chi connectivity index (χ2v) is 6.65. The maximum atomic E-state index is 12.5. The lowest BCUT2D eigenvalue weighted by atomic mass is 10.1. The molecule has 1 aromatic heterocycles. The topological polar surface area (TPSA) is 53.4 Å². The standard InChI is InChI=1S/C23H26N2O3/c1-3-9-18-12-13-21(22(16-18)27-2)28-15-8-4-7-14-25-17-24-20-11-6-5-10-19(20)23(25)26/h3,5-6,10-13,16-17H,1,4,7-9,14-15H2,2H3. The Hall–Kier alpha value is -3.08. The quantitative estimate of drug-likeness (QED) is 0.388. The van der Waals surface area contributed by atoms with Crippen LogP contribution < -0.4 is 15.0 Å². The van der Waals surface area contributed by atoms with Crippen molar-refractivity contribution in [3.63, 3.8) is 0 Å². The van der Waals surface area contributed by atoms with Crippen molar-refractivity contribution in [2.75, 3.05) is 13.7 Å². The van der Waals surface area contributed by atoms with Gasteiger partial charge in [0, 0.05) is 6.54 Å². The number of allylic oxidation sites excluding steroid dienone is 1. The summed E-state index contributed by atoms with van der Waals surface area (Å²) in [5.41, 5.74) is 1.91. The van der Waals surface area contributed by atoms with Gasteiger partial charge in [0.1, 0.15) is 0 Å². The molecule has 3 rings (SSSR count). The summed E-state index contributed by atoms with van der Waals surface area (Å²) >= 11 is 0. The van der Waals surface area contributed by atoms with Crippen LogP contribution >= 0.6 is 0 Å². The summed E-state index contributed by atoms with van der Waals surface area (Å²) in [6.07, 6.45) is 7.09. The molecule has 0 aliphatic rings. The molecule has 0 spiro atoms. The number of ether oxygens (including phenoxy) is 2. The predicted molar refractivity (Wildman–Crippen MR) is 112 cm³/mol. The zero-order valence-corrected chi connectivity index (χ0v) is 16.3. The van der Waals surface area contributed by atoms with Gasteiger partial charge in [0.05, 0.1) is 30.9 Å². The fraction of sp³-hybridized carbons (Fsp3) is 0.304. The molecule has 1 heterocycles. The third-order valence-corrected chi connectivity index (χ3v) is 4.64. The van der Waals surface area contributed by atoms with Gasteiger partial charge >= 0.3 is 0 Å². The molecule has 0 aliphatic carbocycles. The lowest BCUT2D eigenvalue weighted by Gasteiger charge is -2.12. The molecule has 0 atom stereocenters. The van der Waals surface area contributed by atoms with Gasteiger partial charge < -0.3 is 9.47 Å². The molecule has 0 fully saturated rings. The maximum absolute atomic E-state index is 12.5. The number of benzene rings is 2. The van der Waals surface area contributed by atoms with E-state index in [0.29, 0.717) is 18.5 Å². The Morgan fingerprint density at radius 3 is 2.79 bits per heavy atom. The summed E-state index contributed by atoms with van der Waals surface area (Å²) in [6, 6.07) is 13.4. The Bertz CT molecular complexity index is 995. The van der Waals surface area contributed by atoms with Crippen molar-refractivity contribution in [3.8, 4) is 11.5 Å². The molecular formula is C23H26N2O3. The maximum Gasteiger partial charge on any atom is 0.261 e. The average Bonchev–Trinajstić information content (AvgIpc) is 2.73. The zero-order chi connectivity index (χ0) is 19.8. The molecule has 2 aromatic carbocycles. The molecule has 5 heteroatoms. The number of methoxy groups -OCH3 is 1. The number of aryl methyl sites for hydroxylation is 1. The SMILES string of the molecule is C=CCc1ccc(OCCCCCn2cnc3ccccc3c2=O)c(OC)c1. The van der Waals surface area contributed by atoms with Crippen LogP contribution in [0.5, 0.6) is 11.5 Å². The summed E-state index contributed by atoms with van der Waals surface area (Å²) < 4.78 is 13.0. The van der Waals surface area contributed by atoms with E-state index in [-0.39, 0.29) is 5.56 Å². The van der Waals surface area contributed by atoms with Crippen LogP contribution in [0.1, 0.15) is 24.8 Å². The highest BCUT2D eigenvalue weighted by Crippen LogP contribution is 2.28. The number of unbranched alkanes of at least 4 members (excludes halogenated alkanes) is 2. The fourth-order valence-electron chi connectivity index (χ4n) is 3.13. The molecule has 28 heavy (non-hydrogen) atoms. The van der Waals surface area contributed by atoms with Crippen LogP contribution in [0.3, 0.4) is 0 Å². The van der Waals surface area contributed by atoms with Crippen LogP contribution in [0, 0.1) is 0 Å². The zero-order valence-electron chi connectivity index (χ0n) is 16.3. The highest BCUT2D eigenvalue weighted by molar-refractivity contribution is 5.76. The van der Waals surface area contributed by atoms with Gasteiger partial charge in [-0.1, -0.05) is 24.3 Å². The Morgan fingerprint density at radius 1 is 1.11 bits per heavy atom. The van der Waals surface area contributed by atoms with Gasteiger partial charge in [0.15, 0.2) is 11.5 Å². The first-order valence-corrected chi connectivity index (χ1v) is 9.57. The van der Waals surface area contributed by atoms with Crippen LogP contribution in [0.25, 0.3) is 10.9 Å². The molecule has 3 aromatic rings. The van der Waals surface area contributed by atoms with E-state index < -0.39 is 0 Å². The Balaban J connectivity index is 1.46. The number of hydrogen-bond donors (Lipinski definition) is 0. The molecule has 5 nitrogen and oxygen atoms in total. The monoisotopic (exact) mass is 378 g/mol. The molecule has 0 amide bonds. The first kappa shape index (κ1) is 19.7. The normalized spacial score (nSPS) is 10.8. The van der Waals surface area contributed by atoms with E-state index in [1.807, 2.05) is 48.5 Å². The van der Waals surface area contributed by atoms with Crippen LogP contribution in [0.2, 0.25) is 0 Å². The second-order valence-electron chi connectivity index (χ2n) is 6.65. The number of para-hydroxylation sites is 1. The van der Waals surface area contributed by atoms with Gasteiger partial charge in [-0.25, -0.2) is 4.98 Å². The number of hydrogen-bond acceptors (Lipinski definition) is 4. The molecule has 0 saturated heterocycles. The number of nitrogens with zero attached hydrogens (tertiary/aromatic N) is 2. The third-order valence-electron chi connectivity index (χ3n) is 4.64. The smallest absolute Gasteiger partial charge is 0.261 e. The predicted octanol–water partition coefficient (Wildman–Crippen LogP) is 4.38. The molecule has 146 valence electrons. The summed E-state index contributed by atoms with van der Waals surface area (Å²) in [5, 5.41) is 0.667. The highest BCUT2D eigenvalue weighted by Gasteiger charge is 2.06. The fourth-order valence-corrected chi connectivity index (χ4v) is 3.13. The van der Waals surface area contributed by atoms with Crippen molar-refractivity contribution in [3.05, 3.63) is 77.4 Å². The first-order chi connectivity index (χ1) is 13.7. The van der Waals surface area contributed by atoms with Crippen LogP contribution in [-0.2, 0) is 13.0 Å². The molecule has 0 N–H and O–H groups in total. The van der Waals surface area contributed by atoms with E-state index in [9.17, 15) is 4.79 Å². The van der Waals surface area contributed by atoms with E-state index in [2.05, 4.69) is 11.6 Å². The van der Waals surface area contributed by atoms with Crippen molar-refractivity contribution in [1.82, 2.24) is 9.55 Å². The van der Waals surface area contributed by atoms with Crippen molar-refractivity contribution < 1.29 is 9.47 Å². The summed E-state index contributed by atoms with van der Waals surface area (Å²) in [6.45, 7) is 5.03. The largest absolute Gasteiger partial charge is 0.493 e. The van der Waals surface area contributed by atoms with Gasteiger partial charge in [-0.05, 0) is 55.5 Å².